The molecule has 3 aromatic heterocycles. The van der Waals surface area contributed by atoms with Gasteiger partial charge in [0.25, 0.3) is 5.89 Å². The maximum absolute atomic E-state index is 12.1. The van der Waals surface area contributed by atoms with Crippen LogP contribution in [-0.4, -0.2) is 24.7 Å². The first-order valence-electron chi connectivity index (χ1n) is 9.18. The maximum Gasteiger partial charge on any atom is 0.330 e. The van der Waals surface area contributed by atoms with E-state index in [-0.39, 0.29) is 5.69 Å². The zero-order valence-electron chi connectivity index (χ0n) is 15.9. The van der Waals surface area contributed by atoms with Gasteiger partial charge in [-0.2, -0.15) is 4.98 Å². The molecule has 0 amide bonds. The van der Waals surface area contributed by atoms with Gasteiger partial charge in [-0.3, -0.25) is 9.55 Å². The van der Waals surface area contributed by atoms with Crippen LogP contribution < -0.4 is 5.69 Å². The lowest BCUT2D eigenvalue weighted by Crippen LogP contribution is -2.15. The molecule has 3 heterocycles. The Bertz CT molecular complexity index is 1410. The Morgan fingerprint density at radius 1 is 0.966 bits per heavy atom. The van der Waals surface area contributed by atoms with Gasteiger partial charge in [0.15, 0.2) is 0 Å². The average Bonchev–Trinajstić information content (AvgIpc) is 3.35. The minimum atomic E-state index is -0.187. The summed E-state index contributed by atoms with van der Waals surface area (Å²) in [6, 6.07) is 17.3. The second-order valence-electron chi connectivity index (χ2n) is 6.90. The minimum absolute atomic E-state index is 0.187. The number of aryl methyl sites for hydroxylation is 2. The van der Waals surface area contributed by atoms with Crippen LogP contribution in [0.1, 0.15) is 11.4 Å². The summed E-state index contributed by atoms with van der Waals surface area (Å²) in [7, 11) is 0. The van der Waals surface area contributed by atoms with E-state index in [1.54, 1.807) is 10.8 Å². The number of aromatic amines is 1. The fraction of sp³-hybridized carbons (Fsp3) is 0.0909. The molecule has 7 heteroatoms. The number of nitrogens with zero attached hydrogens (tertiary/aromatic N) is 4. The molecule has 0 atom stereocenters. The van der Waals surface area contributed by atoms with Crippen LogP contribution in [0, 0.1) is 13.8 Å². The summed E-state index contributed by atoms with van der Waals surface area (Å²) in [5.41, 5.74) is 4.87. The predicted molar refractivity (Wildman–Crippen MR) is 110 cm³/mol. The molecule has 0 unspecified atom stereocenters. The molecule has 5 aromatic rings. The molecule has 0 aliphatic rings. The van der Waals surface area contributed by atoms with Crippen molar-refractivity contribution in [3.05, 3.63) is 82.7 Å². The topological polar surface area (TPSA) is 89.6 Å². The first-order chi connectivity index (χ1) is 14.1. The Labute approximate surface area is 165 Å². The van der Waals surface area contributed by atoms with Gasteiger partial charge in [-0.15, -0.1) is 0 Å². The van der Waals surface area contributed by atoms with Gasteiger partial charge in [-0.05, 0) is 50.2 Å². The van der Waals surface area contributed by atoms with Gasteiger partial charge in [0, 0.05) is 34.1 Å². The van der Waals surface area contributed by atoms with Crippen molar-refractivity contribution in [2.75, 3.05) is 0 Å². The number of hydrogen-bond acceptors (Lipinski definition) is 5. The zero-order chi connectivity index (χ0) is 20.0. The van der Waals surface area contributed by atoms with Gasteiger partial charge in [-0.25, -0.2) is 4.79 Å². The number of rotatable bonds is 3. The highest BCUT2D eigenvalue weighted by Crippen LogP contribution is 2.26. The minimum Gasteiger partial charge on any atom is -0.334 e. The molecule has 7 nitrogen and oxygen atoms in total. The van der Waals surface area contributed by atoms with Gasteiger partial charge in [0.1, 0.15) is 0 Å². The average molecular weight is 383 g/mol. The van der Waals surface area contributed by atoms with Gasteiger partial charge < -0.3 is 9.51 Å². The molecule has 29 heavy (non-hydrogen) atoms. The first-order valence-corrected chi connectivity index (χ1v) is 9.18. The van der Waals surface area contributed by atoms with E-state index in [2.05, 4.69) is 20.1 Å². The third kappa shape index (κ3) is 3.02. The maximum atomic E-state index is 12.1. The summed E-state index contributed by atoms with van der Waals surface area (Å²) in [4.78, 5) is 23.8. The number of nitrogens with one attached hydrogen (secondary N) is 1. The molecule has 2 aromatic carbocycles. The number of fused-ring (bicyclic) bond motifs is 1. The SMILES string of the molecule is Cc1ccc2cc(-c3nc(-c4cccc(-n5c(C)c[nH]c5=O)c4)no3)ccc2n1. The van der Waals surface area contributed by atoms with E-state index >= 15 is 0 Å². The molecule has 0 spiro atoms. The van der Waals surface area contributed by atoms with E-state index in [1.165, 1.54) is 0 Å². The van der Waals surface area contributed by atoms with Gasteiger partial charge >= 0.3 is 5.69 Å². The van der Waals surface area contributed by atoms with E-state index in [0.717, 1.165) is 39.1 Å². The Balaban J connectivity index is 1.53. The fourth-order valence-electron chi connectivity index (χ4n) is 3.38. The standard InChI is InChI=1S/C22H17N5O2/c1-13-6-7-15-10-17(8-9-19(15)24-13)21-25-20(26-29-21)16-4-3-5-18(11-16)27-14(2)12-23-22(27)28/h3-12H,1-2H3,(H,23,28). The van der Waals surface area contributed by atoms with E-state index in [9.17, 15) is 4.79 Å². The van der Waals surface area contributed by atoms with Crippen LogP contribution in [0.3, 0.4) is 0 Å². The molecule has 142 valence electrons. The van der Waals surface area contributed by atoms with Crippen LogP contribution in [-0.2, 0) is 0 Å². The smallest absolute Gasteiger partial charge is 0.330 e. The van der Waals surface area contributed by atoms with Gasteiger partial charge in [0.05, 0.1) is 11.2 Å². The predicted octanol–water partition coefficient (Wildman–Crippen LogP) is 4.05. The number of aromatic nitrogens is 5. The highest BCUT2D eigenvalue weighted by Gasteiger charge is 2.13. The summed E-state index contributed by atoms with van der Waals surface area (Å²) in [5, 5.41) is 5.14. The van der Waals surface area contributed by atoms with Crippen LogP contribution in [0.4, 0.5) is 0 Å². The van der Waals surface area contributed by atoms with Gasteiger partial charge in [0.2, 0.25) is 5.82 Å². The number of pyridine rings is 1. The van der Waals surface area contributed by atoms with E-state index < -0.39 is 0 Å². The Morgan fingerprint density at radius 3 is 2.69 bits per heavy atom. The Morgan fingerprint density at radius 2 is 1.86 bits per heavy atom. The quantitative estimate of drug-likeness (QED) is 0.508. The van der Waals surface area contributed by atoms with Crippen LogP contribution in [0.2, 0.25) is 0 Å². The van der Waals surface area contributed by atoms with Crippen LogP contribution in [0.25, 0.3) is 39.4 Å². The van der Waals surface area contributed by atoms with Crippen molar-refractivity contribution in [2.24, 2.45) is 0 Å². The molecule has 5 rings (SSSR count). The monoisotopic (exact) mass is 383 g/mol. The highest BCUT2D eigenvalue weighted by molar-refractivity contribution is 5.83. The lowest BCUT2D eigenvalue weighted by atomic mass is 10.1. The number of H-pyrrole nitrogens is 1. The second-order valence-corrected chi connectivity index (χ2v) is 6.90. The van der Waals surface area contributed by atoms with Crippen molar-refractivity contribution < 1.29 is 4.52 Å². The molecule has 0 saturated carbocycles. The number of hydrogen-bond donors (Lipinski definition) is 1. The van der Waals surface area contributed by atoms with E-state index in [0.29, 0.717) is 11.7 Å². The molecule has 0 aliphatic carbocycles. The fourth-order valence-corrected chi connectivity index (χ4v) is 3.38. The van der Waals surface area contributed by atoms with Crippen molar-refractivity contribution in [1.82, 2.24) is 24.7 Å². The molecule has 1 N–H and O–H groups in total. The molecule has 0 fully saturated rings. The third-order valence-electron chi connectivity index (χ3n) is 4.82. The van der Waals surface area contributed by atoms with E-state index in [4.69, 9.17) is 4.52 Å². The highest BCUT2D eigenvalue weighted by atomic mass is 16.5. The molecular formula is C22H17N5O2. The summed E-state index contributed by atoms with van der Waals surface area (Å²) in [6.45, 7) is 3.84. The number of benzene rings is 2. The molecule has 0 bridgehead atoms. The summed E-state index contributed by atoms with van der Waals surface area (Å²) >= 11 is 0. The summed E-state index contributed by atoms with van der Waals surface area (Å²) in [5.74, 6) is 0.896. The molecule has 0 saturated heterocycles. The normalized spacial score (nSPS) is 11.2. The van der Waals surface area contributed by atoms with Crippen molar-refractivity contribution in [3.8, 4) is 28.5 Å². The summed E-state index contributed by atoms with van der Waals surface area (Å²) in [6.07, 6.45) is 1.68. The van der Waals surface area contributed by atoms with Gasteiger partial charge in [-0.1, -0.05) is 23.4 Å². The molecule has 0 aliphatic heterocycles. The Kier molecular flexibility index (Phi) is 3.87. The third-order valence-corrected chi connectivity index (χ3v) is 4.82. The van der Waals surface area contributed by atoms with Crippen LogP contribution in [0.15, 0.2) is 70.1 Å². The first kappa shape index (κ1) is 17.1. The van der Waals surface area contributed by atoms with Crippen molar-refractivity contribution in [2.45, 2.75) is 13.8 Å². The van der Waals surface area contributed by atoms with Crippen LogP contribution >= 0.6 is 0 Å². The summed E-state index contributed by atoms with van der Waals surface area (Å²) < 4.78 is 7.10. The van der Waals surface area contributed by atoms with Crippen LogP contribution in [0.5, 0.6) is 0 Å². The second kappa shape index (κ2) is 6.56. The zero-order valence-corrected chi connectivity index (χ0v) is 15.9. The van der Waals surface area contributed by atoms with Crippen molar-refractivity contribution in [1.29, 1.82) is 0 Å². The lowest BCUT2D eigenvalue weighted by molar-refractivity contribution is 0.432. The largest absolute Gasteiger partial charge is 0.334 e. The van der Waals surface area contributed by atoms with E-state index in [1.807, 2.05) is 68.4 Å². The molecule has 0 radical (unpaired) electrons. The lowest BCUT2D eigenvalue weighted by Gasteiger charge is -2.05. The van der Waals surface area contributed by atoms with Crippen molar-refractivity contribution >= 4 is 10.9 Å². The molecular weight excluding hydrogens is 366 g/mol. The Hall–Kier alpha value is -4.00. The van der Waals surface area contributed by atoms with Crippen molar-refractivity contribution in [3.63, 3.8) is 0 Å². The number of imidazole rings is 1.